The zero-order valence-electron chi connectivity index (χ0n) is 17.3. The van der Waals surface area contributed by atoms with Crippen LogP contribution in [-0.2, 0) is 9.53 Å². The van der Waals surface area contributed by atoms with Crippen LogP contribution in [0.3, 0.4) is 0 Å². The third kappa shape index (κ3) is 5.22. The summed E-state index contributed by atoms with van der Waals surface area (Å²) in [6.07, 6.45) is 4.31. The van der Waals surface area contributed by atoms with Crippen molar-refractivity contribution in [2.45, 2.75) is 26.4 Å². The molecule has 0 aromatic heterocycles. The molecule has 0 spiro atoms. The molecule has 0 aliphatic heterocycles. The van der Waals surface area contributed by atoms with Gasteiger partial charge in [-0.1, -0.05) is 54.6 Å². The van der Waals surface area contributed by atoms with Crippen LogP contribution in [0.2, 0.25) is 0 Å². The quantitative estimate of drug-likeness (QED) is 0.333. The number of allylic oxidation sites excluding steroid dienone is 1. The summed E-state index contributed by atoms with van der Waals surface area (Å²) in [5, 5.41) is 3.89. The third-order valence-corrected chi connectivity index (χ3v) is 8.93. The Labute approximate surface area is 174 Å². The van der Waals surface area contributed by atoms with E-state index in [0.29, 0.717) is 0 Å². The lowest BCUT2D eigenvalue weighted by atomic mass is 10.2. The van der Waals surface area contributed by atoms with Crippen LogP contribution in [0.5, 0.6) is 0 Å². The normalized spacial score (nSPS) is 12.1. The van der Waals surface area contributed by atoms with E-state index in [1.165, 1.54) is 15.9 Å². The van der Waals surface area contributed by atoms with Crippen LogP contribution in [0, 0.1) is 0 Å². The maximum atomic E-state index is 12.3. The van der Waals surface area contributed by atoms with Gasteiger partial charge in [0, 0.05) is 6.08 Å². The van der Waals surface area contributed by atoms with Gasteiger partial charge < -0.3 is 4.74 Å². The van der Waals surface area contributed by atoms with Crippen molar-refractivity contribution < 1.29 is 9.53 Å². The minimum Gasteiger partial charge on any atom is -0.457 e. The zero-order chi connectivity index (χ0) is 20.7. The highest BCUT2D eigenvalue weighted by molar-refractivity contribution is 7.95. The van der Waals surface area contributed by atoms with Crippen molar-refractivity contribution >= 4 is 29.1 Å². The summed E-state index contributed by atoms with van der Waals surface area (Å²) in [5.41, 5.74) is -0.494. The van der Waals surface area contributed by atoms with Crippen molar-refractivity contribution in [1.82, 2.24) is 0 Å². The highest BCUT2D eigenvalue weighted by atomic mass is 31.2. The second kappa shape index (κ2) is 9.20. The van der Waals surface area contributed by atoms with Gasteiger partial charge in [0.2, 0.25) is 0 Å². The third-order valence-electron chi connectivity index (χ3n) is 4.63. The number of rotatable bonds is 6. The number of esters is 1. The molecule has 0 aliphatic rings. The maximum absolute atomic E-state index is 12.3. The zero-order valence-corrected chi connectivity index (χ0v) is 18.2. The van der Waals surface area contributed by atoms with E-state index in [4.69, 9.17) is 4.74 Å². The molecular weight excluding hydrogens is 375 g/mol. The Kier molecular flexibility index (Phi) is 6.67. The highest BCUT2D eigenvalue weighted by Gasteiger charge is 2.44. The molecule has 0 saturated carbocycles. The topological polar surface area (TPSA) is 26.3 Å². The van der Waals surface area contributed by atoms with E-state index >= 15 is 0 Å². The van der Waals surface area contributed by atoms with Gasteiger partial charge in [0.25, 0.3) is 0 Å². The first-order valence-corrected chi connectivity index (χ1v) is 11.8. The van der Waals surface area contributed by atoms with Crippen LogP contribution in [0.25, 0.3) is 0 Å². The molecule has 0 saturated heterocycles. The highest BCUT2D eigenvalue weighted by Crippen LogP contribution is 2.55. The SMILES string of the molecule is CC(C)(C)OC(=O)/C=C/C[P+](c1ccccc1)(c1ccccc1)c1ccccc1. The second-order valence-corrected chi connectivity index (χ2v) is 11.5. The number of carbonyl (C=O) groups is 1. The summed E-state index contributed by atoms with van der Waals surface area (Å²) in [7, 11) is -1.96. The molecule has 3 heteroatoms. The van der Waals surface area contributed by atoms with E-state index in [1.54, 1.807) is 6.08 Å². The van der Waals surface area contributed by atoms with E-state index in [2.05, 4.69) is 72.8 Å². The van der Waals surface area contributed by atoms with Gasteiger partial charge in [-0.05, 0) is 63.2 Å². The van der Waals surface area contributed by atoms with Crippen molar-refractivity contribution in [3.05, 3.63) is 103 Å². The summed E-state index contributed by atoms with van der Waals surface area (Å²) >= 11 is 0. The molecule has 0 heterocycles. The van der Waals surface area contributed by atoms with Gasteiger partial charge in [-0.2, -0.15) is 0 Å². The van der Waals surface area contributed by atoms with Crippen LogP contribution in [0.15, 0.2) is 103 Å². The predicted molar refractivity (Wildman–Crippen MR) is 125 cm³/mol. The fourth-order valence-corrected chi connectivity index (χ4v) is 7.45. The Morgan fingerprint density at radius 2 is 1.14 bits per heavy atom. The Balaban J connectivity index is 2.09. The monoisotopic (exact) mass is 403 g/mol. The molecule has 0 amide bonds. The lowest BCUT2D eigenvalue weighted by Crippen LogP contribution is -2.33. The maximum Gasteiger partial charge on any atom is 0.331 e. The van der Waals surface area contributed by atoms with E-state index in [0.717, 1.165) is 6.16 Å². The van der Waals surface area contributed by atoms with Gasteiger partial charge in [0.15, 0.2) is 0 Å². The Morgan fingerprint density at radius 3 is 1.48 bits per heavy atom. The molecule has 3 aromatic carbocycles. The number of hydrogen-bond donors (Lipinski definition) is 0. The van der Waals surface area contributed by atoms with Crippen LogP contribution >= 0.6 is 7.26 Å². The smallest absolute Gasteiger partial charge is 0.331 e. The van der Waals surface area contributed by atoms with Gasteiger partial charge in [0.05, 0.1) is 6.16 Å². The number of benzene rings is 3. The van der Waals surface area contributed by atoms with Gasteiger partial charge in [0.1, 0.15) is 28.8 Å². The van der Waals surface area contributed by atoms with Gasteiger partial charge in [-0.25, -0.2) is 4.79 Å². The lowest BCUT2D eigenvalue weighted by Gasteiger charge is -2.26. The van der Waals surface area contributed by atoms with E-state index in [1.807, 2.05) is 45.0 Å². The summed E-state index contributed by atoms with van der Waals surface area (Å²) in [5.74, 6) is -0.301. The van der Waals surface area contributed by atoms with Crippen molar-refractivity contribution in [1.29, 1.82) is 0 Å². The Hall–Kier alpha value is -2.70. The Bertz CT molecular complexity index is 846. The molecule has 3 rings (SSSR count). The molecule has 148 valence electrons. The molecule has 0 N–H and O–H groups in total. The summed E-state index contributed by atoms with van der Waals surface area (Å²) < 4.78 is 5.46. The molecule has 2 nitrogen and oxygen atoms in total. The predicted octanol–water partition coefficient (Wildman–Crippen LogP) is 4.88. The minimum absolute atomic E-state index is 0.301. The largest absolute Gasteiger partial charge is 0.457 e. The average molecular weight is 403 g/mol. The van der Waals surface area contributed by atoms with E-state index in [-0.39, 0.29) is 5.97 Å². The van der Waals surface area contributed by atoms with Crippen molar-refractivity contribution in [3.63, 3.8) is 0 Å². The molecule has 0 radical (unpaired) electrons. The van der Waals surface area contributed by atoms with Gasteiger partial charge >= 0.3 is 5.97 Å². The van der Waals surface area contributed by atoms with Crippen LogP contribution in [0.4, 0.5) is 0 Å². The standard InChI is InChI=1S/C26H28O2P/c1-26(2,3)28-25(27)20-13-21-29(22-14-7-4-8-15-22,23-16-9-5-10-17-23)24-18-11-6-12-19-24/h4-20H,21H2,1-3H3/q+1/b20-13+. The van der Waals surface area contributed by atoms with Crippen LogP contribution in [-0.4, -0.2) is 17.7 Å². The van der Waals surface area contributed by atoms with Crippen molar-refractivity contribution in [2.75, 3.05) is 6.16 Å². The number of hydrogen-bond acceptors (Lipinski definition) is 2. The molecule has 0 bridgehead atoms. The van der Waals surface area contributed by atoms with Crippen molar-refractivity contribution in [2.24, 2.45) is 0 Å². The van der Waals surface area contributed by atoms with E-state index < -0.39 is 12.9 Å². The van der Waals surface area contributed by atoms with Gasteiger partial charge in [-0.3, -0.25) is 0 Å². The molecule has 29 heavy (non-hydrogen) atoms. The minimum atomic E-state index is -1.96. The lowest BCUT2D eigenvalue weighted by molar-refractivity contribution is -0.148. The fraction of sp³-hybridized carbons (Fsp3) is 0.192. The summed E-state index contributed by atoms with van der Waals surface area (Å²) in [6, 6.07) is 31.9. The summed E-state index contributed by atoms with van der Waals surface area (Å²) in [6.45, 7) is 5.65. The molecule has 0 unspecified atom stereocenters. The average Bonchev–Trinajstić information content (AvgIpc) is 2.72. The number of ether oxygens (including phenoxy) is 1. The fourth-order valence-electron chi connectivity index (χ4n) is 3.45. The van der Waals surface area contributed by atoms with Gasteiger partial charge in [-0.15, -0.1) is 0 Å². The second-order valence-electron chi connectivity index (χ2n) is 7.93. The first-order valence-electron chi connectivity index (χ1n) is 9.86. The molecule has 0 fully saturated rings. The first kappa shape index (κ1) is 21.0. The molecule has 0 atom stereocenters. The van der Waals surface area contributed by atoms with Crippen LogP contribution in [0.1, 0.15) is 20.8 Å². The summed E-state index contributed by atoms with van der Waals surface area (Å²) in [4.78, 5) is 12.3. The van der Waals surface area contributed by atoms with Crippen molar-refractivity contribution in [3.8, 4) is 0 Å². The molecular formula is C26H28O2P+. The Morgan fingerprint density at radius 1 is 0.759 bits per heavy atom. The molecule has 3 aromatic rings. The van der Waals surface area contributed by atoms with Crippen LogP contribution < -0.4 is 15.9 Å². The van der Waals surface area contributed by atoms with E-state index in [9.17, 15) is 4.79 Å². The molecule has 0 aliphatic carbocycles. The first-order chi connectivity index (χ1) is 13.9. The number of carbonyl (C=O) groups excluding carboxylic acids is 1.